The van der Waals surface area contributed by atoms with Crippen molar-refractivity contribution in [3.05, 3.63) is 16.2 Å². The molecular formula is C16H22ClN3S. The van der Waals surface area contributed by atoms with E-state index in [1.165, 1.54) is 30.6 Å². The summed E-state index contributed by atoms with van der Waals surface area (Å²) in [5.41, 5.74) is 0. The van der Waals surface area contributed by atoms with Crippen LogP contribution in [0.3, 0.4) is 0 Å². The summed E-state index contributed by atoms with van der Waals surface area (Å²) in [4.78, 5) is 11.1. The van der Waals surface area contributed by atoms with Gasteiger partial charge in [0.25, 0.3) is 0 Å². The SMILES string of the molecule is CCc1cc2c(NCC3CCC(C)CC3)nc(Cl)nc2s1. The highest BCUT2D eigenvalue weighted by atomic mass is 35.5. The van der Waals surface area contributed by atoms with Gasteiger partial charge in [-0.3, -0.25) is 0 Å². The highest BCUT2D eigenvalue weighted by Gasteiger charge is 2.19. The summed E-state index contributed by atoms with van der Waals surface area (Å²) in [6, 6.07) is 2.20. The third-order valence-electron chi connectivity index (χ3n) is 4.46. The van der Waals surface area contributed by atoms with Gasteiger partial charge in [0.05, 0.1) is 5.39 Å². The largest absolute Gasteiger partial charge is 0.369 e. The summed E-state index contributed by atoms with van der Waals surface area (Å²) >= 11 is 7.77. The molecule has 1 fully saturated rings. The maximum Gasteiger partial charge on any atom is 0.225 e. The van der Waals surface area contributed by atoms with E-state index in [0.717, 1.165) is 40.8 Å². The van der Waals surface area contributed by atoms with Crippen LogP contribution in [0, 0.1) is 11.8 Å². The Hall–Kier alpha value is -0.870. The van der Waals surface area contributed by atoms with Gasteiger partial charge in [-0.05, 0) is 48.8 Å². The van der Waals surface area contributed by atoms with Crippen LogP contribution >= 0.6 is 22.9 Å². The Morgan fingerprint density at radius 2 is 2.05 bits per heavy atom. The molecule has 0 bridgehead atoms. The molecule has 0 atom stereocenters. The molecule has 0 amide bonds. The van der Waals surface area contributed by atoms with Gasteiger partial charge in [0, 0.05) is 11.4 Å². The Bertz CT molecular complexity index is 617. The molecule has 1 aliphatic rings. The fraction of sp³-hybridized carbons (Fsp3) is 0.625. The smallest absolute Gasteiger partial charge is 0.225 e. The average molecular weight is 324 g/mol. The number of hydrogen-bond donors (Lipinski definition) is 1. The summed E-state index contributed by atoms with van der Waals surface area (Å²) in [6.45, 7) is 5.51. The normalized spacial score (nSPS) is 22.6. The Balaban J connectivity index is 1.75. The quantitative estimate of drug-likeness (QED) is 0.791. The van der Waals surface area contributed by atoms with Gasteiger partial charge in [0.1, 0.15) is 10.6 Å². The van der Waals surface area contributed by atoms with Crippen LogP contribution < -0.4 is 5.32 Å². The number of nitrogens with zero attached hydrogens (tertiary/aromatic N) is 2. The Kier molecular flexibility index (Phi) is 4.65. The average Bonchev–Trinajstić information content (AvgIpc) is 2.89. The first-order valence-corrected chi connectivity index (χ1v) is 9.05. The van der Waals surface area contributed by atoms with E-state index < -0.39 is 0 Å². The molecule has 3 rings (SSSR count). The van der Waals surface area contributed by atoms with Crippen molar-refractivity contribution in [2.45, 2.75) is 46.0 Å². The zero-order valence-electron chi connectivity index (χ0n) is 12.7. The van der Waals surface area contributed by atoms with Crippen molar-refractivity contribution in [1.29, 1.82) is 0 Å². The van der Waals surface area contributed by atoms with Crippen LogP contribution in [0.1, 0.15) is 44.4 Å². The molecule has 1 N–H and O–H groups in total. The summed E-state index contributed by atoms with van der Waals surface area (Å²) < 4.78 is 0. The van der Waals surface area contributed by atoms with Crippen molar-refractivity contribution in [3.8, 4) is 0 Å². The lowest BCUT2D eigenvalue weighted by atomic mass is 9.83. The van der Waals surface area contributed by atoms with E-state index in [-0.39, 0.29) is 0 Å². The number of nitrogens with one attached hydrogen (secondary N) is 1. The predicted octanol–water partition coefficient (Wildman–Crippen LogP) is 5.15. The molecule has 1 saturated carbocycles. The fourth-order valence-corrected chi connectivity index (χ4v) is 4.21. The number of anilines is 1. The zero-order chi connectivity index (χ0) is 14.8. The maximum atomic E-state index is 6.06. The van der Waals surface area contributed by atoms with Crippen LogP contribution in [-0.2, 0) is 6.42 Å². The standard InChI is InChI=1S/C16H22ClN3S/c1-3-12-8-13-14(19-16(17)20-15(13)21-12)18-9-11-6-4-10(2)5-7-11/h8,10-11H,3-7,9H2,1-2H3,(H,18,19,20). The van der Waals surface area contributed by atoms with E-state index in [0.29, 0.717) is 5.28 Å². The molecule has 3 nitrogen and oxygen atoms in total. The molecule has 0 spiro atoms. The van der Waals surface area contributed by atoms with Crippen LogP contribution in [0.2, 0.25) is 5.28 Å². The first-order chi connectivity index (χ1) is 10.2. The molecule has 0 unspecified atom stereocenters. The van der Waals surface area contributed by atoms with E-state index in [1.54, 1.807) is 11.3 Å². The molecule has 5 heteroatoms. The third-order valence-corrected chi connectivity index (χ3v) is 5.80. The van der Waals surface area contributed by atoms with Crippen LogP contribution in [-0.4, -0.2) is 16.5 Å². The van der Waals surface area contributed by atoms with Gasteiger partial charge in [-0.15, -0.1) is 11.3 Å². The van der Waals surface area contributed by atoms with Gasteiger partial charge in [-0.1, -0.05) is 26.7 Å². The van der Waals surface area contributed by atoms with E-state index >= 15 is 0 Å². The van der Waals surface area contributed by atoms with Crippen molar-refractivity contribution in [2.75, 3.05) is 11.9 Å². The fourth-order valence-electron chi connectivity index (χ4n) is 3.03. The van der Waals surface area contributed by atoms with Gasteiger partial charge >= 0.3 is 0 Å². The molecule has 1 aliphatic carbocycles. The third kappa shape index (κ3) is 3.49. The Morgan fingerprint density at radius 1 is 1.29 bits per heavy atom. The summed E-state index contributed by atoms with van der Waals surface area (Å²) in [5, 5.41) is 4.98. The molecule has 21 heavy (non-hydrogen) atoms. The second-order valence-electron chi connectivity index (χ2n) is 6.13. The number of hydrogen-bond acceptors (Lipinski definition) is 4. The monoisotopic (exact) mass is 323 g/mol. The van der Waals surface area contributed by atoms with Gasteiger partial charge in [-0.2, -0.15) is 0 Å². The number of aryl methyl sites for hydroxylation is 1. The topological polar surface area (TPSA) is 37.8 Å². The lowest BCUT2D eigenvalue weighted by Crippen LogP contribution is -2.20. The van der Waals surface area contributed by atoms with Crippen molar-refractivity contribution < 1.29 is 0 Å². The highest BCUT2D eigenvalue weighted by molar-refractivity contribution is 7.18. The minimum atomic E-state index is 0.340. The predicted molar refractivity (Wildman–Crippen MR) is 91.4 cm³/mol. The van der Waals surface area contributed by atoms with E-state index in [1.807, 2.05) is 0 Å². The molecule has 2 heterocycles. The first-order valence-electron chi connectivity index (χ1n) is 7.85. The molecule has 0 aromatic carbocycles. The molecule has 114 valence electrons. The minimum Gasteiger partial charge on any atom is -0.369 e. The summed E-state index contributed by atoms with van der Waals surface area (Å²) in [6.07, 6.45) is 6.37. The van der Waals surface area contributed by atoms with Crippen molar-refractivity contribution in [2.24, 2.45) is 11.8 Å². The van der Waals surface area contributed by atoms with Crippen molar-refractivity contribution in [3.63, 3.8) is 0 Å². The molecule has 2 aromatic heterocycles. The van der Waals surface area contributed by atoms with Gasteiger partial charge in [0.15, 0.2) is 0 Å². The zero-order valence-corrected chi connectivity index (χ0v) is 14.2. The summed E-state index contributed by atoms with van der Waals surface area (Å²) in [7, 11) is 0. The minimum absolute atomic E-state index is 0.340. The number of halogens is 1. The van der Waals surface area contributed by atoms with Crippen LogP contribution in [0.25, 0.3) is 10.2 Å². The van der Waals surface area contributed by atoms with E-state index in [4.69, 9.17) is 11.6 Å². The summed E-state index contributed by atoms with van der Waals surface area (Å²) in [5.74, 6) is 2.55. The Labute approximate surface area is 135 Å². The maximum absolute atomic E-state index is 6.06. The molecule has 0 radical (unpaired) electrons. The van der Waals surface area contributed by atoms with E-state index in [9.17, 15) is 0 Å². The molecule has 0 aliphatic heterocycles. The lowest BCUT2D eigenvalue weighted by molar-refractivity contribution is 0.300. The van der Waals surface area contributed by atoms with E-state index in [2.05, 4.69) is 35.2 Å². The number of fused-ring (bicyclic) bond motifs is 1. The number of thiophene rings is 1. The Morgan fingerprint density at radius 3 is 2.76 bits per heavy atom. The molecule has 2 aromatic rings. The second-order valence-corrected chi connectivity index (χ2v) is 7.59. The molecule has 0 saturated heterocycles. The molecular weight excluding hydrogens is 302 g/mol. The lowest BCUT2D eigenvalue weighted by Gasteiger charge is -2.26. The highest BCUT2D eigenvalue weighted by Crippen LogP contribution is 2.32. The van der Waals surface area contributed by atoms with Gasteiger partial charge in [0.2, 0.25) is 5.28 Å². The van der Waals surface area contributed by atoms with Crippen molar-refractivity contribution in [1.82, 2.24) is 9.97 Å². The second kappa shape index (κ2) is 6.49. The van der Waals surface area contributed by atoms with Crippen LogP contribution in [0.15, 0.2) is 6.07 Å². The number of aromatic nitrogens is 2. The van der Waals surface area contributed by atoms with Gasteiger partial charge < -0.3 is 5.32 Å². The van der Waals surface area contributed by atoms with Crippen molar-refractivity contribution >= 4 is 39.0 Å². The van der Waals surface area contributed by atoms with Crippen LogP contribution in [0.5, 0.6) is 0 Å². The van der Waals surface area contributed by atoms with Crippen LogP contribution in [0.4, 0.5) is 5.82 Å². The number of rotatable bonds is 4. The first kappa shape index (κ1) is 15.0. The van der Waals surface area contributed by atoms with Gasteiger partial charge in [-0.25, -0.2) is 9.97 Å².